The van der Waals surface area contributed by atoms with Crippen molar-refractivity contribution in [3.63, 3.8) is 0 Å². The molecule has 1 aromatic rings. The van der Waals surface area contributed by atoms with Crippen LogP contribution in [0.1, 0.15) is 26.7 Å². The maximum absolute atomic E-state index is 9.41. The van der Waals surface area contributed by atoms with Crippen molar-refractivity contribution in [3.05, 3.63) is 12.1 Å². The zero-order valence-corrected chi connectivity index (χ0v) is 11.9. The second-order valence-corrected chi connectivity index (χ2v) is 5.85. The van der Waals surface area contributed by atoms with E-state index in [1.807, 2.05) is 31.9 Å². The monoisotopic (exact) mass is 265 g/mol. The van der Waals surface area contributed by atoms with Gasteiger partial charge in [0, 0.05) is 7.05 Å². The van der Waals surface area contributed by atoms with Gasteiger partial charge in [-0.1, -0.05) is 0 Å². The second-order valence-electron chi connectivity index (χ2n) is 5.85. The highest BCUT2D eigenvalue weighted by Crippen LogP contribution is 2.31. The number of aliphatic hydroxyl groups is 1. The molecule has 1 aliphatic rings. The lowest BCUT2D eigenvalue weighted by molar-refractivity contribution is 0.215. The van der Waals surface area contributed by atoms with Crippen LogP contribution < -0.4 is 15.4 Å². The summed E-state index contributed by atoms with van der Waals surface area (Å²) in [5.74, 6) is 1.90. The Balaban J connectivity index is 2.14. The normalized spacial score (nSPS) is 15.4. The molecule has 106 valence electrons. The van der Waals surface area contributed by atoms with Gasteiger partial charge in [-0.15, -0.1) is 0 Å². The molecule has 1 aromatic heterocycles. The molecule has 0 aliphatic heterocycles. The molecule has 5 nitrogen and oxygen atoms in total. The summed E-state index contributed by atoms with van der Waals surface area (Å²) in [4.78, 5) is 6.38. The van der Waals surface area contributed by atoms with E-state index in [0.29, 0.717) is 24.1 Å². The van der Waals surface area contributed by atoms with Crippen molar-refractivity contribution in [2.75, 3.05) is 30.9 Å². The number of ether oxygens (including phenoxy) is 1. The van der Waals surface area contributed by atoms with Gasteiger partial charge < -0.3 is 20.5 Å². The first-order chi connectivity index (χ1) is 8.94. The zero-order chi connectivity index (χ0) is 14.0. The van der Waals surface area contributed by atoms with Gasteiger partial charge >= 0.3 is 0 Å². The van der Waals surface area contributed by atoms with E-state index < -0.39 is 0 Å². The standard InChI is InChI=1S/C14H23N3O2/c1-14(2,9-18)17(3)12-7-6-11(15)13(16-12)19-8-10-4-5-10/h6-7,10,18H,4-5,8-9,15H2,1-3H3. The average molecular weight is 265 g/mol. The van der Waals surface area contributed by atoms with Crippen LogP contribution in [0.15, 0.2) is 12.1 Å². The van der Waals surface area contributed by atoms with Crippen LogP contribution >= 0.6 is 0 Å². The fraction of sp³-hybridized carbons (Fsp3) is 0.643. The van der Waals surface area contributed by atoms with Crippen molar-refractivity contribution in [2.24, 2.45) is 5.92 Å². The highest BCUT2D eigenvalue weighted by atomic mass is 16.5. The smallest absolute Gasteiger partial charge is 0.239 e. The number of nitrogen functional groups attached to an aromatic ring is 1. The molecular weight excluding hydrogens is 242 g/mol. The Morgan fingerprint density at radius 1 is 1.47 bits per heavy atom. The Labute approximate surface area is 114 Å². The van der Waals surface area contributed by atoms with E-state index in [0.717, 1.165) is 5.82 Å². The molecule has 0 saturated heterocycles. The van der Waals surface area contributed by atoms with E-state index in [2.05, 4.69) is 4.98 Å². The Morgan fingerprint density at radius 3 is 2.74 bits per heavy atom. The molecule has 19 heavy (non-hydrogen) atoms. The fourth-order valence-corrected chi connectivity index (χ4v) is 1.64. The van der Waals surface area contributed by atoms with Gasteiger partial charge in [-0.2, -0.15) is 4.98 Å². The average Bonchev–Trinajstić information content (AvgIpc) is 3.21. The van der Waals surface area contributed by atoms with E-state index in [1.54, 1.807) is 6.07 Å². The molecule has 0 aromatic carbocycles. The maximum atomic E-state index is 9.41. The molecule has 0 amide bonds. The molecule has 0 bridgehead atoms. The minimum atomic E-state index is -0.378. The van der Waals surface area contributed by atoms with E-state index in [1.165, 1.54) is 12.8 Å². The van der Waals surface area contributed by atoms with Gasteiger partial charge in [0.15, 0.2) is 0 Å². The predicted molar refractivity (Wildman–Crippen MR) is 76.4 cm³/mol. The van der Waals surface area contributed by atoms with Gasteiger partial charge in [-0.3, -0.25) is 0 Å². The highest BCUT2D eigenvalue weighted by molar-refractivity contribution is 5.55. The van der Waals surface area contributed by atoms with Gasteiger partial charge in [0.1, 0.15) is 5.82 Å². The number of pyridine rings is 1. The van der Waals surface area contributed by atoms with Gasteiger partial charge in [-0.05, 0) is 44.7 Å². The Hall–Kier alpha value is -1.49. The van der Waals surface area contributed by atoms with Crippen molar-refractivity contribution in [3.8, 4) is 5.88 Å². The zero-order valence-electron chi connectivity index (χ0n) is 11.9. The van der Waals surface area contributed by atoms with Crippen LogP contribution in [-0.4, -0.2) is 35.9 Å². The van der Waals surface area contributed by atoms with Crippen molar-refractivity contribution >= 4 is 11.5 Å². The first-order valence-corrected chi connectivity index (χ1v) is 6.68. The number of likely N-dealkylation sites (N-methyl/N-ethyl adjacent to an activating group) is 1. The number of aromatic nitrogens is 1. The molecule has 3 N–H and O–H groups in total. The number of hydrogen-bond donors (Lipinski definition) is 2. The van der Waals surface area contributed by atoms with Crippen molar-refractivity contribution in [1.29, 1.82) is 0 Å². The first-order valence-electron chi connectivity index (χ1n) is 6.68. The minimum Gasteiger partial charge on any atom is -0.476 e. The van der Waals surface area contributed by atoms with Crippen molar-refractivity contribution < 1.29 is 9.84 Å². The summed E-state index contributed by atoms with van der Waals surface area (Å²) in [6.07, 6.45) is 2.47. The molecule has 0 unspecified atom stereocenters. The summed E-state index contributed by atoms with van der Waals surface area (Å²) < 4.78 is 5.67. The van der Waals surface area contributed by atoms with Crippen LogP contribution in [0.2, 0.25) is 0 Å². The Bertz CT molecular complexity index is 444. The summed E-state index contributed by atoms with van der Waals surface area (Å²) in [6.45, 7) is 4.65. The number of anilines is 2. The number of nitrogens with two attached hydrogens (primary N) is 1. The molecule has 0 spiro atoms. The summed E-state index contributed by atoms with van der Waals surface area (Å²) >= 11 is 0. The third kappa shape index (κ3) is 3.29. The van der Waals surface area contributed by atoms with Crippen molar-refractivity contribution in [2.45, 2.75) is 32.2 Å². The van der Waals surface area contributed by atoms with Gasteiger partial charge in [0.25, 0.3) is 0 Å². The van der Waals surface area contributed by atoms with Crippen LogP contribution in [0.4, 0.5) is 11.5 Å². The topological polar surface area (TPSA) is 71.6 Å². The number of rotatable bonds is 6. The molecule has 1 fully saturated rings. The van der Waals surface area contributed by atoms with Crippen LogP contribution in [0.5, 0.6) is 5.88 Å². The van der Waals surface area contributed by atoms with E-state index in [4.69, 9.17) is 10.5 Å². The molecule has 5 heteroatoms. The minimum absolute atomic E-state index is 0.0494. The highest BCUT2D eigenvalue weighted by Gasteiger charge is 2.25. The third-order valence-corrected chi connectivity index (χ3v) is 3.67. The third-order valence-electron chi connectivity index (χ3n) is 3.67. The predicted octanol–water partition coefficient (Wildman–Crippen LogP) is 1.66. The summed E-state index contributed by atoms with van der Waals surface area (Å²) in [5.41, 5.74) is 6.06. The van der Waals surface area contributed by atoms with Gasteiger partial charge in [0.05, 0.1) is 24.4 Å². The lowest BCUT2D eigenvalue weighted by Gasteiger charge is -2.35. The molecule has 1 heterocycles. The van der Waals surface area contributed by atoms with Crippen LogP contribution in [0, 0.1) is 5.92 Å². The van der Waals surface area contributed by atoms with Crippen LogP contribution in [-0.2, 0) is 0 Å². The Kier molecular flexibility index (Phi) is 3.85. The van der Waals surface area contributed by atoms with E-state index in [-0.39, 0.29) is 12.1 Å². The number of hydrogen-bond acceptors (Lipinski definition) is 5. The van der Waals surface area contributed by atoms with Crippen molar-refractivity contribution in [1.82, 2.24) is 4.98 Å². The molecule has 1 saturated carbocycles. The lowest BCUT2D eigenvalue weighted by atomic mass is 10.1. The van der Waals surface area contributed by atoms with Crippen LogP contribution in [0.3, 0.4) is 0 Å². The maximum Gasteiger partial charge on any atom is 0.239 e. The molecule has 0 radical (unpaired) electrons. The molecule has 1 aliphatic carbocycles. The number of nitrogens with zero attached hydrogens (tertiary/aromatic N) is 2. The lowest BCUT2D eigenvalue weighted by Crippen LogP contribution is -2.44. The summed E-state index contributed by atoms with van der Waals surface area (Å²) in [6, 6.07) is 3.64. The van der Waals surface area contributed by atoms with E-state index in [9.17, 15) is 5.11 Å². The molecular formula is C14H23N3O2. The first kappa shape index (κ1) is 13.9. The van der Waals surface area contributed by atoms with E-state index >= 15 is 0 Å². The Morgan fingerprint density at radius 2 is 2.16 bits per heavy atom. The van der Waals surface area contributed by atoms with Gasteiger partial charge in [0.2, 0.25) is 5.88 Å². The SMILES string of the molecule is CN(c1ccc(N)c(OCC2CC2)n1)C(C)(C)CO. The summed E-state index contributed by atoms with van der Waals surface area (Å²) in [7, 11) is 1.90. The molecule has 2 rings (SSSR count). The van der Waals surface area contributed by atoms with Crippen LogP contribution in [0.25, 0.3) is 0 Å². The largest absolute Gasteiger partial charge is 0.476 e. The molecule has 0 atom stereocenters. The quantitative estimate of drug-likeness (QED) is 0.818. The van der Waals surface area contributed by atoms with Gasteiger partial charge in [-0.25, -0.2) is 0 Å². The number of aliphatic hydroxyl groups excluding tert-OH is 1. The fourth-order valence-electron chi connectivity index (χ4n) is 1.64. The second kappa shape index (κ2) is 5.25. The summed E-state index contributed by atoms with van der Waals surface area (Å²) in [5, 5.41) is 9.41.